The topological polar surface area (TPSA) is 67.9 Å². The smallest absolute Gasteiger partial charge is 0.328 e. The maximum Gasteiger partial charge on any atom is 0.328 e. The lowest BCUT2D eigenvalue weighted by atomic mass is 10.1. The number of ether oxygens (including phenoxy) is 2. The van der Waals surface area contributed by atoms with E-state index in [4.69, 9.17) is 9.47 Å². The van der Waals surface area contributed by atoms with E-state index in [9.17, 15) is 9.59 Å². The van der Waals surface area contributed by atoms with Gasteiger partial charge in [-0.15, -0.1) is 0 Å². The molecular formula is C21H21BrN2O4. The Morgan fingerprint density at radius 1 is 1.07 bits per heavy atom. The number of benzene rings is 2. The van der Waals surface area contributed by atoms with Crippen molar-refractivity contribution >= 4 is 33.9 Å². The number of hydrogen-bond donors (Lipinski definition) is 1. The van der Waals surface area contributed by atoms with E-state index >= 15 is 0 Å². The van der Waals surface area contributed by atoms with Crippen LogP contribution >= 0.6 is 15.9 Å². The summed E-state index contributed by atoms with van der Waals surface area (Å²) in [6.07, 6.45) is 1.63. The van der Waals surface area contributed by atoms with Crippen LogP contribution in [0.3, 0.4) is 0 Å². The molecule has 0 unspecified atom stereocenters. The molecule has 0 spiro atoms. The van der Waals surface area contributed by atoms with Crippen LogP contribution in [0.25, 0.3) is 6.08 Å². The van der Waals surface area contributed by atoms with Gasteiger partial charge in [-0.2, -0.15) is 0 Å². The van der Waals surface area contributed by atoms with Gasteiger partial charge in [0, 0.05) is 11.0 Å². The first-order chi connectivity index (χ1) is 13.5. The molecule has 0 saturated carbocycles. The van der Waals surface area contributed by atoms with Gasteiger partial charge in [0.25, 0.3) is 5.91 Å². The van der Waals surface area contributed by atoms with Crippen LogP contribution in [0.15, 0.2) is 52.6 Å². The minimum absolute atomic E-state index is 0.230. The molecule has 1 fully saturated rings. The number of nitrogens with zero attached hydrogens (tertiary/aromatic N) is 1. The van der Waals surface area contributed by atoms with Gasteiger partial charge >= 0.3 is 6.03 Å². The van der Waals surface area contributed by atoms with E-state index in [0.29, 0.717) is 36.8 Å². The molecule has 3 amide bonds. The molecule has 28 heavy (non-hydrogen) atoms. The maximum atomic E-state index is 12.3. The van der Waals surface area contributed by atoms with Crippen LogP contribution in [0.4, 0.5) is 4.79 Å². The summed E-state index contributed by atoms with van der Waals surface area (Å²) in [5, 5.41) is 2.60. The number of imide groups is 1. The monoisotopic (exact) mass is 444 g/mol. The fraction of sp³-hybridized carbons (Fsp3) is 0.238. The Kier molecular flexibility index (Phi) is 6.36. The number of halogens is 1. The number of nitrogens with one attached hydrogen (secondary N) is 1. The summed E-state index contributed by atoms with van der Waals surface area (Å²) in [4.78, 5) is 25.3. The summed E-state index contributed by atoms with van der Waals surface area (Å²) in [5.41, 5.74) is 1.98. The van der Waals surface area contributed by atoms with Gasteiger partial charge in [0.2, 0.25) is 0 Å². The number of likely N-dealkylation sites (N-methyl/N-ethyl adjacent to an activating group) is 1. The summed E-state index contributed by atoms with van der Waals surface area (Å²) < 4.78 is 12.4. The zero-order valence-electron chi connectivity index (χ0n) is 15.7. The summed E-state index contributed by atoms with van der Waals surface area (Å²) in [6, 6.07) is 13.0. The van der Waals surface area contributed by atoms with Gasteiger partial charge in [0.1, 0.15) is 12.3 Å². The van der Waals surface area contributed by atoms with Gasteiger partial charge in [0.05, 0.1) is 6.61 Å². The summed E-state index contributed by atoms with van der Waals surface area (Å²) in [5.74, 6) is 0.816. The van der Waals surface area contributed by atoms with Crippen LogP contribution < -0.4 is 14.8 Å². The van der Waals surface area contributed by atoms with E-state index in [0.717, 1.165) is 14.9 Å². The predicted octanol–water partition coefficient (Wildman–Crippen LogP) is 4.34. The van der Waals surface area contributed by atoms with Crippen LogP contribution in [0.5, 0.6) is 11.5 Å². The molecule has 0 aromatic heterocycles. The number of rotatable bonds is 7. The summed E-state index contributed by atoms with van der Waals surface area (Å²) in [6.45, 7) is 4.84. The van der Waals surface area contributed by atoms with E-state index in [1.54, 1.807) is 25.1 Å². The molecule has 146 valence electrons. The third kappa shape index (κ3) is 4.36. The van der Waals surface area contributed by atoms with Crippen molar-refractivity contribution < 1.29 is 19.1 Å². The second kappa shape index (κ2) is 8.93. The molecule has 6 nitrogen and oxygen atoms in total. The quantitative estimate of drug-likeness (QED) is 0.509. The Hall–Kier alpha value is -2.80. The molecule has 2 aromatic carbocycles. The van der Waals surface area contributed by atoms with Gasteiger partial charge in [-0.05, 0) is 43.2 Å². The average molecular weight is 445 g/mol. The van der Waals surface area contributed by atoms with Gasteiger partial charge < -0.3 is 14.8 Å². The van der Waals surface area contributed by atoms with Gasteiger partial charge in [-0.25, -0.2) is 4.79 Å². The molecule has 1 aliphatic rings. The third-order valence-electron chi connectivity index (χ3n) is 4.18. The Morgan fingerprint density at radius 3 is 2.43 bits per heavy atom. The first kappa shape index (κ1) is 19.9. The first-order valence-electron chi connectivity index (χ1n) is 9.01. The molecule has 1 saturated heterocycles. The molecule has 0 radical (unpaired) electrons. The van der Waals surface area contributed by atoms with E-state index in [-0.39, 0.29) is 11.6 Å². The fourth-order valence-corrected chi connectivity index (χ4v) is 3.23. The van der Waals surface area contributed by atoms with E-state index in [2.05, 4.69) is 21.2 Å². The van der Waals surface area contributed by atoms with Crippen molar-refractivity contribution in [1.29, 1.82) is 0 Å². The predicted molar refractivity (Wildman–Crippen MR) is 110 cm³/mol. The Bertz CT molecular complexity index is 912. The van der Waals surface area contributed by atoms with E-state index < -0.39 is 6.03 Å². The number of hydrogen-bond acceptors (Lipinski definition) is 4. The third-order valence-corrected chi connectivity index (χ3v) is 4.87. The number of carbonyl (C=O) groups is 2. The minimum atomic E-state index is -0.414. The summed E-state index contributed by atoms with van der Waals surface area (Å²) in [7, 11) is 0. The molecule has 2 aromatic rings. The van der Waals surface area contributed by atoms with Gasteiger partial charge in [-0.3, -0.25) is 9.69 Å². The van der Waals surface area contributed by atoms with E-state index in [1.807, 2.05) is 37.3 Å². The standard InChI is InChI=1S/C21H21BrN2O4/c1-3-24-20(25)17(23-21(24)26)10-15-11-18(27-4-2)19(12-16(15)22)28-13-14-8-6-5-7-9-14/h5-12H,3-4,13H2,1-2H3,(H,23,26)/b17-10+. The van der Waals surface area contributed by atoms with Crippen molar-refractivity contribution in [3.05, 3.63) is 63.8 Å². The van der Waals surface area contributed by atoms with Crippen molar-refractivity contribution in [2.24, 2.45) is 0 Å². The number of amides is 3. The zero-order valence-corrected chi connectivity index (χ0v) is 17.3. The Morgan fingerprint density at radius 2 is 1.79 bits per heavy atom. The van der Waals surface area contributed by atoms with Crippen molar-refractivity contribution in [2.45, 2.75) is 20.5 Å². The number of carbonyl (C=O) groups excluding carboxylic acids is 2. The van der Waals surface area contributed by atoms with Crippen LogP contribution in [-0.4, -0.2) is 30.0 Å². The lowest BCUT2D eigenvalue weighted by Gasteiger charge is -2.14. The average Bonchev–Trinajstić information content (AvgIpc) is 2.96. The molecular weight excluding hydrogens is 424 g/mol. The number of urea groups is 1. The normalized spacial score (nSPS) is 15.1. The second-order valence-electron chi connectivity index (χ2n) is 6.07. The highest BCUT2D eigenvalue weighted by Crippen LogP contribution is 2.35. The molecule has 0 atom stereocenters. The Balaban J connectivity index is 1.87. The molecule has 7 heteroatoms. The largest absolute Gasteiger partial charge is 0.490 e. The molecule has 3 rings (SSSR count). The minimum Gasteiger partial charge on any atom is -0.490 e. The fourth-order valence-electron chi connectivity index (χ4n) is 2.79. The highest BCUT2D eigenvalue weighted by molar-refractivity contribution is 9.10. The lowest BCUT2D eigenvalue weighted by Crippen LogP contribution is -2.30. The molecule has 1 aliphatic heterocycles. The highest BCUT2D eigenvalue weighted by atomic mass is 79.9. The first-order valence-corrected chi connectivity index (χ1v) is 9.80. The van der Waals surface area contributed by atoms with Crippen LogP contribution in [-0.2, 0) is 11.4 Å². The van der Waals surface area contributed by atoms with Crippen LogP contribution in [0.1, 0.15) is 25.0 Å². The van der Waals surface area contributed by atoms with Crippen LogP contribution in [0.2, 0.25) is 0 Å². The zero-order chi connectivity index (χ0) is 20.1. The van der Waals surface area contributed by atoms with Crippen molar-refractivity contribution in [2.75, 3.05) is 13.2 Å². The van der Waals surface area contributed by atoms with E-state index in [1.165, 1.54) is 0 Å². The molecule has 0 aliphatic carbocycles. The highest BCUT2D eigenvalue weighted by Gasteiger charge is 2.32. The molecule has 1 heterocycles. The molecule has 1 N–H and O–H groups in total. The Labute approximate surface area is 172 Å². The van der Waals surface area contributed by atoms with Gasteiger partial charge in [0.15, 0.2) is 11.5 Å². The lowest BCUT2D eigenvalue weighted by molar-refractivity contribution is -0.122. The SMILES string of the molecule is CCOc1cc(/C=C2/NC(=O)N(CC)C2=O)c(Br)cc1OCc1ccccc1. The maximum absolute atomic E-state index is 12.3. The molecule has 0 bridgehead atoms. The second-order valence-corrected chi connectivity index (χ2v) is 6.92. The van der Waals surface area contributed by atoms with Crippen LogP contribution in [0, 0.1) is 0 Å². The van der Waals surface area contributed by atoms with Crippen molar-refractivity contribution in [1.82, 2.24) is 10.2 Å². The summed E-state index contributed by atoms with van der Waals surface area (Å²) >= 11 is 3.52. The van der Waals surface area contributed by atoms with Crippen molar-refractivity contribution in [3.8, 4) is 11.5 Å². The van der Waals surface area contributed by atoms with Crippen molar-refractivity contribution in [3.63, 3.8) is 0 Å². The van der Waals surface area contributed by atoms with Gasteiger partial charge in [-0.1, -0.05) is 46.3 Å².